The number of aliphatic carboxylic acids is 1. The predicted octanol–water partition coefficient (Wildman–Crippen LogP) is 1.48. The summed E-state index contributed by atoms with van der Waals surface area (Å²) in [6.07, 6.45) is 4.34. The molecule has 0 fully saturated rings. The Hall–Kier alpha value is -0.750. The minimum Gasteiger partial charge on any atom is -0.480 e. The number of carbonyl (C=O) groups is 2. The maximum absolute atomic E-state index is 11.3. The van der Waals surface area contributed by atoms with Crippen molar-refractivity contribution in [1.82, 2.24) is 4.31 Å². The van der Waals surface area contributed by atoms with Gasteiger partial charge >= 0.3 is 5.97 Å². The van der Waals surface area contributed by atoms with Crippen molar-refractivity contribution in [3.8, 4) is 0 Å². The second kappa shape index (κ2) is 9.30. The Labute approximate surface area is 107 Å². The summed E-state index contributed by atoms with van der Waals surface area (Å²) >= 11 is 1.20. The normalized spacial score (nSPS) is 12.2. The van der Waals surface area contributed by atoms with E-state index in [0.29, 0.717) is 6.54 Å². The third-order valence-corrected chi connectivity index (χ3v) is 3.55. The largest absolute Gasteiger partial charge is 0.480 e. The number of unbranched alkanes of at least 4 members (excludes halogenated alkanes) is 3. The molecule has 1 amide bonds. The van der Waals surface area contributed by atoms with Gasteiger partial charge in [-0.25, -0.2) is 0 Å². The molecule has 6 heteroatoms. The fourth-order valence-corrected chi connectivity index (χ4v) is 2.16. The van der Waals surface area contributed by atoms with Crippen LogP contribution in [0, 0.1) is 0 Å². The maximum Gasteiger partial charge on any atom is 0.321 e. The van der Waals surface area contributed by atoms with E-state index in [1.807, 2.05) is 0 Å². The van der Waals surface area contributed by atoms with E-state index in [9.17, 15) is 9.59 Å². The van der Waals surface area contributed by atoms with Crippen molar-refractivity contribution in [2.45, 2.75) is 45.6 Å². The standard InChI is InChI=1S/C11H22N2O3S/c1-3-4-5-6-7-13(9(2)14)17-8-10(12)11(15)16/h10H,3-8,12H2,1-2H3,(H,15,16)/t10-/m0/s1. The molecule has 17 heavy (non-hydrogen) atoms. The molecular weight excluding hydrogens is 240 g/mol. The molecule has 0 bridgehead atoms. The van der Waals surface area contributed by atoms with Crippen LogP contribution in [0.5, 0.6) is 0 Å². The highest BCUT2D eigenvalue weighted by Crippen LogP contribution is 2.13. The molecule has 0 saturated heterocycles. The number of hydrogen-bond acceptors (Lipinski definition) is 4. The Bertz CT molecular complexity index is 249. The lowest BCUT2D eigenvalue weighted by Crippen LogP contribution is -2.35. The third kappa shape index (κ3) is 8.04. The van der Waals surface area contributed by atoms with Gasteiger partial charge in [-0.05, 0) is 18.4 Å². The number of carbonyl (C=O) groups excluding carboxylic acids is 1. The van der Waals surface area contributed by atoms with Crippen molar-refractivity contribution >= 4 is 23.8 Å². The number of amides is 1. The van der Waals surface area contributed by atoms with E-state index in [2.05, 4.69) is 6.92 Å². The van der Waals surface area contributed by atoms with E-state index in [4.69, 9.17) is 10.8 Å². The molecule has 100 valence electrons. The van der Waals surface area contributed by atoms with Gasteiger partial charge in [-0.15, -0.1) is 0 Å². The van der Waals surface area contributed by atoms with Crippen molar-refractivity contribution in [1.29, 1.82) is 0 Å². The average molecular weight is 262 g/mol. The van der Waals surface area contributed by atoms with E-state index < -0.39 is 12.0 Å². The van der Waals surface area contributed by atoms with E-state index in [-0.39, 0.29) is 11.7 Å². The molecule has 0 aromatic rings. The Morgan fingerprint density at radius 1 is 1.35 bits per heavy atom. The van der Waals surface area contributed by atoms with Crippen molar-refractivity contribution in [3.63, 3.8) is 0 Å². The Morgan fingerprint density at radius 2 is 2.00 bits per heavy atom. The summed E-state index contributed by atoms with van der Waals surface area (Å²) in [6, 6.07) is -0.919. The second-order valence-corrected chi connectivity index (χ2v) is 4.95. The fraction of sp³-hybridized carbons (Fsp3) is 0.818. The topological polar surface area (TPSA) is 83.6 Å². The van der Waals surface area contributed by atoms with Crippen LogP contribution in [0.15, 0.2) is 0 Å². The molecule has 0 heterocycles. The molecule has 3 N–H and O–H groups in total. The number of nitrogens with two attached hydrogens (primary N) is 1. The van der Waals surface area contributed by atoms with Gasteiger partial charge in [-0.3, -0.25) is 13.9 Å². The summed E-state index contributed by atoms with van der Waals surface area (Å²) in [7, 11) is 0. The molecule has 0 aliphatic rings. The van der Waals surface area contributed by atoms with E-state index >= 15 is 0 Å². The first-order valence-corrected chi connectivity index (χ1v) is 6.82. The Kier molecular flexibility index (Phi) is 8.89. The van der Waals surface area contributed by atoms with Crippen LogP contribution in [-0.2, 0) is 9.59 Å². The van der Waals surface area contributed by atoms with Crippen LogP contribution in [0.2, 0.25) is 0 Å². The van der Waals surface area contributed by atoms with Crippen LogP contribution in [0.25, 0.3) is 0 Å². The lowest BCUT2D eigenvalue weighted by molar-refractivity contribution is -0.138. The van der Waals surface area contributed by atoms with Gasteiger partial charge in [0.2, 0.25) is 5.91 Å². The van der Waals surface area contributed by atoms with Gasteiger partial charge < -0.3 is 10.8 Å². The molecule has 0 spiro atoms. The van der Waals surface area contributed by atoms with Gasteiger partial charge in [-0.2, -0.15) is 0 Å². The summed E-state index contributed by atoms with van der Waals surface area (Å²) in [6.45, 7) is 4.27. The van der Waals surface area contributed by atoms with Crippen LogP contribution >= 0.6 is 11.9 Å². The summed E-state index contributed by atoms with van der Waals surface area (Å²) < 4.78 is 1.60. The summed E-state index contributed by atoms with van der Waals surface area (Å²) in [4.78, 5) is 21.8. The first-order chi connectivity index (χ1) is 7.99. The summed E-state index contributed by atoms with van der Waals surface area (Å²) in [5, 5.41) is 8.64. The van der Waals surface area contributed by atoms with Crippen molar-refractivity contribution in [2.75, 3.05) is 12.3 Å². The highest BCUT2D eigenvalue weighted by molar-refractivity contribution is 7.97. The fourth-order valence-electron chi connectivity index (χ4n) is 1.24. The van der Waals surface area contributed by atoms with Crippen molar-refractivity contribution in [3.05, 3.63) is 0 Å². The molecule has 0 aliphatic heterocycles. The lowest BCUT2D eigenvalue weighted by Gasteiger charge is -2.20. The first kappa shape index (κ1) is 16.2. The van der Waals surface area contributed by atoms with E-state index in [1.54, 1.807) is 4.31 Å². The molecule has 0 radical (unpaired) electrons. The zero-order chi connectivity index (χ0) is 13.3. The number of carboxylic acids is 1. The molecule has 0 unspecified atom stereocenters. The molecule has 0 aromatic carbocycles. The Balaban J connectivity index is 3.90. The zero-order valence-electron chi connectivity index (χ0n) is 10.5. The number of carboxylic acid groups (broad SMARTS) is 1. The van der Waals surface area contributed by atoms with Crippen molar-refractivity contribution < 1.29 is 14.7 Å². The van der Waals surface area contributed by atoms with Gasteiger partial charge in [0, 0.05) is 19.2 Å². The maximum atomic E-state index is 11.3. The first-order valence-electron chi connectivity index (χ1n) is 5.88. The van der Waals surface area contributed by atoms with Gasteiger partial charge in [-0.1, -0.05) is 26.2 Å². The summed E-state index contributed by atoms with van der Waals surface area (Å²) in [5.74, 6) is -0.862. The van der Waals surface area contributed by atoms with Crippen LogP contribution in [0.4, 0.5) is 0 Å². The molecule has 0 saturated carbocycles. The molecular formula is C11H22N2O3S. The van der Waals surface area contributed by atoms with Gasteiger partial charge in [0.1, 0.15) is 6.04 Å². The molecule has 0 aromatic heterocycles. The van der Waals surface area contributed by atoms with Gasteiger partial charge in [0.05, 0.1) is 0 Å². The predicted molar refractivity (Wildman–Crippen MR) is 69.6 cm³/mol. The molecule has 1 atom stereocenters. The average Bonchev–Trinajstić information content (AvgIpc) is 2.27. The van der Waals surface area contributed by atoms with E-state index in [0.717, 1.165) is 25.7 Å². The molecule has 5 nitrogen and oxygen atoms in total. The zero-order valence-corrected chi connectivity index (χ0v) is 11.3. The number of rotatable bonds is 9. The smallest absolute Gasteiger partial charge is 0.321 e. The van der Waals surface area contributed by atoms with Crippen LogP contribution in [0.1, 0.15) is 39.5 Å². The highest BCUT2D eigenvalue weighted by atomic mass is 32.2. The monoisotopic (exact) mass is 262 g/mol. The number of nitrogens with zero attached hydrogens (tertiary/aromatic N) is 1. The minimum absolute atomic E-state index is 0.0518. The SMILES string of the molecule is CCCCCCN(SC[C@H](N)C(=O)O)C(C)=O. The van der Waals surface area contributed by atoms with Crippen molar-refractivity contribution in [2.24, 2.45) is 5.73 Å². The quantitative estimate of drug-likeness (QED) is 0.485. The van der Waals surface area contributed by atoms with Gasteiger partial charge in [0.25, 0.3) is 0 Å². The Morgan fingerprint density at radius 3 is 2.47 bits per heavy atom. The third-order valence-electron chi connectivity index (χ3n) is 2.29. The molecule has 0 aliphatic carbocycles. The minimum atomic E-state index is -1.04. The highest BCUT2D eigenvalue weighted by Gasteiger charge is 2.15. The van der Waals surface area contributed by atoms with Crippen LogP contribution in [0.3, 0.4) is 0 Å². The number of hydrogen-bond donors (Lipinski definition) is 2. The second-order valence-electron chi connectivity index (χ2n) is 3.92. The van der Waals surface area contributed by atoms with Crippen LogP contribution < -0.4 is 5.73 Å². The molecule has 0 rings (SSSR count). The van der Waals surface area contributed by atoms with Gasteiger partial charge in [0.15, 0.2) is 0 Å². The lowest BCUT2D eigenvalue weighted by atomic mass is 10.2. The van der Waals surface area contributed by atoms with Crippen LogP contribution in [-0.4, -0.2) is 39.6 Å². The summed E-state index contributed by atoms with van der Waals surface area (Å²) in [5.41, 5.74) is 5.38. The van der Waals surface area contributed by atoms with E-state index in [1.165, 1.54) is 18.9 Å².